The lowest BCUT2D eigenvalue weighted by molar-refractivity contribution is 0.288. The number of nitrogens with one attached hydrogen (secondary N) is 1. The highest BCUT2D eigenvalue weighted by Crippen LogP contribution is 2.24. The SMILES string of the molecule is CC1CCN(S(=O)(=O)c2ccc(S(=O)(=O)NCc3ccc(F)cc3)cc2)CC1. The van der Waals surface area contributed by atoms with Crippen LogP contribution in [0, 0.1) is 11.7 Å². The molecule has 1 fully saturated rings. The Morgan fingerprint density at radius 3 is 2.04 bits per heavy atom. The summed E-state index contributed by atoms with van der Waals surface area (Å²) in [7, 11) is -7.44. The maximum Gasteiger partial charge on any atom is 0.243 e. The normalized spacial score (nSPS) is 16.9. The van der Waals surface area contributed by atoms with E-state index in [0.29, 0.717) is 24.6 Å². The van der Waals surface area contributed by atoms with Gasteiger partial charge < -0.3 is 0 Å². The molecule has 1 heterocycles. The molecule has 3 rings (SSSR count). The van der Waals surface area contributed by atoms with Crippen molar-refractivity contribution >= 4 is 20.0 Å². The molecule has 1 N–H and O–H groups in total. The molecule has 0 spiro atoms. The molecule has 6 nitrogen and oxygen atoms in total. The molecule has 0 bridgehead atoms. The molecule has 152 valence electrons. The molecule has 2 aromatic rings. The second-order valence-electron chi connectivity index (χ2n) is 7.01. The highest BCUT2D eigenvalue weighted by atomic mass is 32.2. The van der Waals surface area contributed by atoms with Crippen LogP contribution in [0.15, 0.2) is 58.3 Å². The zero-order valence-corrected chi connectivity index (χ0v) is 17.1. The van der Waals surface area contributed by atoms with Crippen molar-refractivity contribution in [2.45, 2.75) is 36.1 Å². The van der Waals surface area contributed by atoms with E-state index in [1.54, 1.807) is 0 Å². The fraction of sp³-hybridized carbons (Fsp3) is 0.368. The van der Waals surface area contributed by atoms with Gasteiger partial charge in [-0.25, -0.2) is 25.9 Å². The van der Waals surface area contributed by atoms with Crippen molar-refractivity contribution in [1.82, 2.24) is 9.03 Å². The molecular weight excluding hydrogens is 403 g/mol. The van der Waals surface area contributed by atoms with Crippen molar-refractivity contribution < 1.29 is 21.2 Å². The quantitative estimate of drug-likeness (QED) is 0.770. The largest absolute Gasteiger partial charge is 0.243 e. The van der Waals surface area contributed by atoms with Crippen LogP contribution in [0.5, 0.6) is 0 Å². The Morgan fingerprint density at radius 1 is 0.929 bits per heavy atom. The fourth-order valence-electron chi connectivity index (χ4n) is 3.03. The first-order valence-electron chi connectivity index (χ1n) is 9.03. The fourth-order valence-corrected chi connectivity index (χ4v) is 5.52. The average molecular weight is 427 g/mol. The Labute approximate surface area is 165 Å². The first-order valence-corrected chi connectivity index (χ1v) is 11.9. The van der Waals surface area contributed by atoms with E-state index in [1.165, 1.54) is 52.8 Å². The van der Waals surface area contributed by atoms with Gasteiger partial charge in [-0.2, -0.15) is 4.31 Å². The number of nitrogens with zero attached hydrogens (tertiary/aromatic N) is 1. The van der Waals surface area contributed by atoms with Crippen LogP contribution >= 0.6 is 0 Å². The van der Waals surface area contributed by atoms with Gasteiger partial charge in [0.05, 0.1) is 9.79 Å². The smallest absolute Gasteiger partial charge is 0.207 e. The molecule has 0 aliphatic carbocycles. The van der Waals surface area contributed by atoms with E-state index >= 15 is 0 Å². The van der Waals surface area contributed by atoms with Crippen LogP contribution < -0.4 is 4.72 Å². The Kier molecular flexibility index (Phi) is 6.18. The maximum absolute atomic E-state index is 12.9. The van der Waals surface area contributed by atoms with Crippen LogP contribution in [-0.4, -0.2) is 34.2 Å². The van der Waals surface area contributed by atoms with Crippen LogP contribution in [0.25, 0.3) is 0 Å². The first kappa shape index (κ1) is 20.9. The molecular formula is C19H23FN2O4S2. The van der Waals surface area contributed by atoms with Crippen molar-refractivity contribution in [1.29, 1.82) is 0 Å². The molecule has 9 heteroatoms. The molecule has 1 aliphatic rings. The minimum atomic E-state index is -3.82. The zero-order valence-electron chi connectivity index (χ0n) is 15.5. The van der Waals surface area contributed by atoms with E-state index in [4.69, 9.17) is 0 Å². The van der Waals surface area contributed by atoms with Gasteiger partial charge in [0.1, 0.15) is 5.82 Å². The first-order chi connectivity index (χ1) is 13.2. The van der Waals surface area contributed by atoms with Gasteiger partial charge in [0.15, 0.2) is 0 Å². The van der Waals surface area contributed by atoms with E-state index < -0.39 is 25.9 Å². The molecule has 0 unspecified atom stereocenters. The molecule has 1 saturated heterocycles. The van der Waals surface area contributed by atoms with Crippen LogP contribution in [0.2, 0.25) is 0 Å². The number of halogens is 1. The Hall–Kier alpha value is -1.81. The van der Waals surface area contributed by atoms with Crippen molar-refractivity contribution in [3.63, 3.8) is 0 Å². The number of piperidine rings is 1. The van der Waals surface area contributed by atoms with Gasteiger partial charge in [0.2, 0.25) is 20.0 Å². The van der Waals surface area contributed by atoms with E-state index in [9.17, 15) is 21.2 Å². The minimum absolute atomic E-state index is 0.00856. The van der Waals surface area contributed by atoms with Gasteiger partial charge in [-0.3, -0.25) is 0 Å². The van der Waals surface area contributed by atoms with E-state index in [-0.39, 0.29) is 16.3 Å². The molecule has 0 atom stereocenters. The summed E-state index contributed by atoms with van der Waals surface area (Å²) in [5.74, 6) is 0.109. The van der Waals surface area contributed by atoms with E-state index in [0.717, 1.165) is 12.8 Å². The Morgan fingerprint density at radius 2 is 1.46 bits per heavy atom. The molecule has 0 saturated carbocycles. The number of hydrogen-bond donors (Lipinski definition) is 1. The summed E-state index contributed by atoms with van der Waals surface area (Å²) in [5.41, 5.74) is 0.614. The van der Waals surface area contributed by atoms with Crippen molar-refractivity contribution in [3.05, 3.63) is 59.9 Å². The van der Waals surface area contributed by atoms with Gasteiger partial charge in [-0.15, -0.1) is 0 Å². The van der Waals surface area contributed by atoms with Crippen molar-refractivity contribution in [2.24, 2.45) is 5.92 Å². The maximum atomic E-state index is 12.9. The van der Waals surface area contributed by atoms with Crippen molar-refractivity contribution in [3.8, 4) is 0 Å². The predicted molar refractivity (Wildman–Crippen MR) is 104 cm³/mol. The third kappa shape index (κ3) is 4.78. The molecule has 2 aromatic carbocycles. The lowest BCUT2D eigenvalue weighted by Crippen LogP contribution is -2.37. The van der Waals surface area contributed by atoms with Crippen LogP contribution in [-0.2, 0) is 26.6 Å². The zero-order chi connectivity index (χ0) is 20.4. The van der Waals surface area contributed by atoms with Crippen LogP contribution in [0.3, 0.4) is 0 Å². The van der Waals surface area contributed by atoms with Crippen LogP contribution in [0.4, 0.5) is 4.39 Å². The third-order valence-electron chi connectivity index (χ3n) is 4.89. The Balaban J connectivity index is 1.71. The average Bonchev–Trinajstić information content (AvgIpc) is 2.68. The summed E-state index contributed by atoms with van der Waals surface area (Å²) in [5, 5.41) is 0. The second-order valence-corrected chi connectivity index (χ2v) is 10.7. The minimum Gasteiger partial charge on any atom is -0.207 e. The van der Waals surface area contributed by atoms with Gasteiger partial charge in [0, 0.05) is 19.6 Å². The molecule has 0 amide bonds. The number of sulfonamides is 2. The van der Waals surface area contributed by atoms with Crippen molar-refractivity contribution in [2.75, 3.05) is 13.1 Å². The summed E-state index contributed by atoms with van der Waals surface area (Å²) in [6.45, 7) is 3.06. The Bertz CT molecular complexity index is 1010. The number of hydrogen-bond acceptors (Lipinski definition) is 4. The molecule has 28 heavy (non-hydrogen) atoms. The predicted octanol–water partition coefficient (Wildman–Crippen LogP) is 2.72. The molecule has 0 radical (unpaired) electrons. The number of rotatable bonds is 6. The summed E-state index contributed by atoms with van der Waals surface area (Å²) in [4.78, 5) is 0.0559. The third-order valence-corrected chi connectivity index (χ3v) is 8.22. The van der Waals surface area contributed by atoms with Gasteiger partial charge in [-0.1, -0.05) is 19.1 Å². The molecule has 0 aromatic heterocycles. The van der Waals surface area contributed by atoms with E-state index in [1.807, 2.05) is 0 Å². The standard InChI is InChI=1S/C19H23FN2O4S2/c1-15-10-12-22(13-11-15)28(25,26)19-8-6-18(7-9-19)27(23,24)21-14-16-2-4-17(20)5-3-16/h2-9,15,21H,10-14H2,1H3. The summed E-state index contributed by atoms with van der Waals surface area (Å²) < 4.78 is 67.1. The van der Waals surface area contributed by atoms with E-state index in [2.05, 4.69) is 11.6 Å². The highest BCUT2D eigenvalue weighted by Gasteiger charge is 2.28. The monoisotopic (exact) mass is 426 g/mol. The van der Waals surface area contributed by atoms with Gasteiger partial charge >= 0.3 is 0 Å². The lowest BCUT2D eigenvalue weighted by atomic mass is 10.0. The summed E-state index contributed by atoms with van der Waals surface area (Å²) >= 11 is 0. The summed E-state index contributed by atoms with van der Waals surface area (Å²) in [6.07, 6.45) is 1.64. The lowest BCUT2D eigenvalue weighted by Gasteiger charge is -2.29. The highest BCUT2D eigenvalue weighted by molar-refractivity contribution is 7.89. The van der Waals surface area contributed by atoms with Gasteiger partial charge in [-0.05, 0) is 60.7 Å². The number of benzene rings is 2. The second kappa shape index (κ2) is 8.28. The summed E-state index contributed by atoms with van der Waals surface area (Å²) in [6, 6.07) is 10.7. The van der Waals surface area contributed by atoms with Gasteiger partial charge in [0.25, 0.3) is 0 Å². The molecule has 1 aliphatic heterocycles. The topological polar surface area (TPSA) is 83.6 Å². The van der Waals surface area contributed by atoms with Crippen LogP contribution in [0.1, 0.15) is 25.3 Å².